The van der Waals surface area contributed by atoms with Crippen molar-refractivity contribution in [2.75, 3.05) is 20.6 Å². The third-order valence-electron chi connectivity index (χ3n) is 0.865. The minimum atomic E-state index is 0. The van der Waals surface area contributed by atoms with E-state index in [1.54, 1.807) is 0 Å². The van der Waals surface area contributed by atoms with Crippen molar-refractivity contribution in [2.45, 2.75) is 13.3 Å². The van der Waals surface area contributed by atoms with Gasteiger partial charge in [-0.3, -0.25) is 0 Å². The second kappa shape index (κ2) is 8.77. The van der Waals surface area contributed by atoms with Gasteiger partial charge in [0.1, 0.15) is 0 Å². The Bertz CT molecular complexity index is 37.5. The van der Waals surface area contributed by atoms with Gasteiger partial charge in [0, 0.05) is 0 Å². The molecule has 0 N–H and O–H groups in total. The first-order chi connectivity index (χ1) is 3.27. The average Bonchev–Trinajstić information content (AvgIpc) is 1.61. The first-order valence-corrected chi connectivity index (χ1v) is 2.70. The van der Waals surface area contributed by atoms with Gasteiger partial charge in [0.15, 0.2) is 0 Å². The molecule has 0 aromatic carbocycles. The maximum atomic E-state index is 2.18. The molecule has 44 valence electrons. The number of rotatable bonds is 3. The molecule has 0 amide bonds. The summed E-state index contributed by atoms with van der Waals surface area (Å²) in [6.45, 7) is 3.26. The largest absolute Gasteiger partial charge is 1.00 e. The molecule has 0 unspecified atom stereocenters. The van der Waals surface area contributed by atoms with Crippen LogP contribution in [-0.2, 0) is 0 Å². The Balaban J connectivity index is 0. The predicted molar refractivity (Wildman–Crippen MR) is 33.1 cm³/mol. The normalized spacial score (nSPS) is 9.00. The standard InChI is InChI=1S/C6H14N.Rb/c1-4-5-6-7(2)3;/h4H,5-6H2,1-3H3;/q-1;+1. The summed E-state index contributed by atoms with van der Waals surface area (Å²) in [4.78, 5) is 2.18. The van der Waals surface area contributed by atoms with Crippen LogP contribution in [0, 0.1) is 6.42 Å². The summed E-state index contributed by atoms with van der Waals surface area (Å²) in [6, 6.07) is 0. The molecule has 0 fully saturated rings. The van der Waals surface area contributed by atoms with Gasteiger partial charge in [0.2, 0.25) is 0 Å². The van der Waals surface area contributed by atoms with Crippen LogP contribution >= 0.6 is 0 Å². The Hall–Kier alpha value is 1.77. The van der Waals surface area contributed by atoms with E-state index in [4.69, 9.17) is 0 Å². The van der Waals surface area contributed by atoms with Crippen molar-refractivity contribution >= 4 is 0 Å². The smallest absolute Gasteiger partial charge is 0.330 e. The van der Waals surface area contributed by atoms with Crippen molar-refractivity contribution in [3.8, 4) is 0 Å². The van der Waals surface area contributed by atoms with Crippen LogP contribution < -0.4 is 58.2 Å². The van der Waals surface area contributed by atoms with Crippen molar-refractivity contribution in [1.82, 2.24) is 4.90 Å². The molecule has 0 saturated carbocycles. The summed E-state index contributed by atoms with van der Waals surface area (Å²) in [6.07, 6.45) is 3.38. The van der Waals surface area contributed by atoms with Gasteiger partial charge >= 0.3 is 58.2 Å². The summed E-state index contributed by atoms with van der Waals surface area (Å²) in [5.74, 6) is 0. The number of nitrogens with zero attached hydrogens (tertiary/aromatic N) is 1. The molecule has 1 nitrogen and oxygen atoms in total. The summed E-state index contributed by atoms with van der Waals surface area (Å²) >= 11 is 0. The maximum Gasteiger partial charge on any atom is 1.00 e. The van der Waals surface area contributed by atoms with Gasteiger partial charge in [-0.25, -0.2) is 0 Å². The molecule has 0 rings (SSSR count). The molecule has 0 aliphatic rings. The Morgan fingerprint density at radius 2 is 1.88 bits per heavy atom. The summed E-state index contributed by atoms with van der Waals surface area (Å²) in [7, 11) is 4.17. The van der Waals surface area contributed by atoms with Crippen LogP contribution in [-0.4, -0.2) is 25.5 Å². The van der Waals surface area contributed by atoms with Crippen molar-refractivity contribution in [3.05, 3.63) is 6.42 Å². The van der Waals surface area contributed by atoms with Crippen LogP contribution in [0.1, 0.15) is 13.3 Å². The van der Waals surface area contributed by atoms with E-state index in [0.29, 0.717) is 0 Å². The van der Waals surface area contributed by atoms with Crippen LogP contribution in [0.3, 0.4) is 0 Å². The number of hydrogen-bond acceptors (Lipinski definition) is 1. The van der Waals surface area contributed by atoms with Crippen LogP contribution in [0.5, 0.6) is 0 Å². The monoisotopic (exact) mass is 185 g/mol. The molecule has 0 spiro atoms. The zero-order valence-corrected chi connectivity index (χ0v) is 11.4. The molecule has 0 aromatic rings. The molecule has 2 heteroatoms. The van der Waals surface area contributed by atoms with Crippen LogP contribution in [0.15, 0.2) is 0 Å². The maximum absolute atomic E-state index is 2.18. The molecule has 8 heavy (non-hydrogen) atoms. The SMILES string of the molecule is C[CH-]CCN(C)C.[Rb+]. The fourth-order valence-corrected chi connectivity index (χ4v) is 0.387. The van der Waals surface area contributed by atoms with Gasteiger partial charge in [-0.15, -0.1) is 0 Å². The first kappa shape index (κ1) is 12.4. The average molecular weight is 186 g/mol. The van der Waals surface area contributed by atoms with Crippen molar-refractivity contribution < 1.29 is 58.2 Å². The summed E-state index contributed by atoms with van der Waals surface area (Å²) in [5.41, 5.74) is 0. The summed E-state index contributed by atoms with van der Waals surface area (Å²) < 4.78 is 0. The van der Waals surface area contributed by atoms with Gasteiger partial charge < -0.3 is 11.3 Å². The molecule has 0 atom stereocenters. The third kappa shape index (κ3) is 10.7. The minimum Gasteiger partial charge on any atom is -0.330 e. The zero-order chi connectivity index (χ0) is 5.70. The molecular weight excluding hydrogens is 172 g/mol. The van der Waals surface area contributed by atoms with Crippen LogP contribution in [0.25, 0.3) is 0 Å². The summed E-state index contributed by atoms with van der Waals surface area (Å²) in [5, 5.41) is 0. The Kier molecular flexibility index (Phi) is 13.6. The van der Waals surface area contributed by atoms with Gasteiger partial charge in [-0.1, -0.05) is 0 Å². The van der Waals surface area contributed by atoms with Gasteiger partial charge in [0.25, 0.3) is 0 Å². The van der Waals surface area contributed by atoms with E-state index in [0.717, 1.165) is 0 Å². The molecule has 0 heterocycles. The molecular formula is C6H14NRb. The Morgan fingerprint density at radius 1 is 1.38 bits per heavy atom. The van der Waals surface area contributed by atoms with E-state index in [2.05, 4.69) is 32.3 Å². The van der Waals surface area contributed by atoms with Gasteiger partial charge in [0.05, 0.1) is 0 Å². The predicted octanol–water partition coefficient (Wildman–Crippen LogP) is -1.83. The van der Waals surface area contributed by atoms with E-state index >= 15 is 0 Å². The topological polar surface area (TPSA) is 3.24 Å². The second-order valence-electron chi connectivity index (χ2n) is 2.00. The van der Waals surface area contributed by atoms with Crippen molar-refractivity contribution in [1.29, 1.82) is 0 Å². The first-order valence-electron chi connectivity index (χ1n) is 2.70. The van der Waals surface area contributed by atoms with Crippen molar-refractivity contribution in [2.24, 2.45) is 0 Å². The van der Waals surface area contributed by atoms with E-state index in [-0.39, 0.29) is 58.2 Å². The molecule has 0 aliphatic heterocycles. The van der Waals surface area contributed by atoms with E-state index < -0.39 is 0 Å². The molecule has 0 radical (unpaired) electrons. The quantitative estimate of drug-likeness (QED) is 0.468. The van der Waals surface area contributed by atoms with Gasteiger partial charge in [-0.2, -0.15) is 13.3 Å². The number of hydrogen-bond donors (Lipinski definition) is 0. The minimum absolute atomic E-state index is 0. The van der Waals surface area contributed by atoms with Crippen LogP contribution in [0.2, 0.25) is 0 Å². The van der Waals surface area contributed by atoms with E-state index in [9.17, 15) is 0 Å². The number of unbranched alkanes of at least 4 members (excludes halogenated alkanes) is 1. The van der Waals surface area contributed by atoms with Crippen molar-refractivity contribution in [3.63, 3.8) is 0 Å². The second-order valence-corrected chi connectivity index (χ2v) is 2.00. The fraction of sp³-hybridized carbons (Fsp3) is 0.833. The third-order valence-corrected chi connectivity index (χ3v) is 0.865. The fourth-order valence-electron chi connectivity index (χ4n) is 0.387. The molecule has 0 bridgehead atoms. The molecule has 0 aromatic heterocycles. The van der Waals surface area contributed by atoms with Crippen LogP contribution in [0.4, 0.5) is 0 Å². The molecule has 0 saturated heterocycles. The van der Waals surface area contributed by atoms with E-state index in [1.807, 2.05) is 0 Å². The Morgan fingerprint density at radius 3 is 2.00 bits per heavy atom. The van der Waals surface area contributed by atoms with E-state index in [1.165, 1.54) is 13.0 Å². The Labute approximate surface area is 102 Å². The molecule has 0 aliphatic carbocycles. The zero-order valence-electron chi connectivity index (χ0n) is 6.44. The van der Waals surface area contributed by atoms with Gasteiger partial charge in [-0.05, 0) is 20.6 Å².